The summed E-state index contributed by atoms with van der Waals surface area (Å²) in [6, 6.07) is 10.1. The second-order valence-electron chi connectivity index (χ2n) is 7.20. The first-order valence-corrected chi connectivity index (χ1v) is 13.3. The van der Waals surface area contributed by atoms with Crippen LogP contribution in [-0.4, -0.2) is 56.9 Å². The van der Waals surface area contributed by atoms with Crippen molar-refractivity contribution in [2.75, 3.05) is 37.6 Å². The average Bonchev–Trinajstić information content (AvgIpc) is 3.44. The highest BCUT2D eigenvalue weighted by Crippen LogP contribution is 2.20. The molecule has 31 heavy (non-hydrogen) atoms. The number of carbonyl (C=O) groups excluding carboxylic acids is 1. The molecule has 1 saturated heterocycles. The third kappa shape index (κ3) is 5.51. The number of hydrogen-bond acceptors (Lipinski definition) is 7. The maximum Gasteiger partial charge on any atom is 0.253 e. The largest absolute Gasteiger partial charge is 0.346 e. The van der Waals surface area contributed by atoms with Gasteiger partial charge in [0.2, 0.25) is 10.0 Å². The van der Waals surface area contributed by atoms with E-state index in [1.54, 1.807) is 41.0 Å². The first kappa shape index (κ1) is 21.9. The summed E-state index contributed by atoms with van der Waals surface area (Å²) in [6.45, 7) is 3.23. The quantitative estimate of drug-likeness (QED) is 0.567. The minimum absolute atomic E-state index is 0.0735. The van der Waals surface area contributed by atoms with Gasteiger partial charge in [0.05, 0.1) is 4.90 Å². The summed E-state index contributed by atoms with van der Waals surface area (Å²) in [4.78, 5) is 22.6. The third-order valence-electron chi connectivity index (χ3n) is 5.13. The van der Waals surface area contributed by atoms with E-state index in [4.69, 9.17) is 0 Å². The summed E-state index contributed by atoms with van der Waals surface area (Å²) < 4.78 is 27.7. The molecule has 0 saturated carbocycles. The van der Waals surface area contributed by atoms with Gasteiger partial charge in [0.1, 0.15) is 0 Å². The number of aromatic nitrogens is 1. The Morgan fingerprint density at radius 3 is 2.58 bits per heavy atom. The summed E-state index contributed by atoms with van der Waals surface area (Å²) in [5.41, 5.74) is 0.500. The monoisotopic (exact) mass is 476 g/mol. The summed E-state index contributed by atoms with van der Waals surface area (Å²) in [5, 5.41) is 4.91. The third-order valence-corrected chi connectivity index (χ3v) is 8.37. The van der Waals surface area contributed by atoms with Crippen LogP contribution in [0.4, 0.5) is 5.13 Å². The highest BCUT2D eigenvalue weighted by molar-refractivity contribution is 7.89. The molecule has 0 aliphatic carbocycles. The number of thiophene rings is 1. The number of nitrogens with zero attached hydrogens (tertiary/aromatic N) is 3. The zero-order chi connectivity index (χ0) is 21.7. The van der Waals surface area contributed by atoms with Crippen LogP contribution in [-0.2, 0) is 16.4 Å². The Labute approximate surface area is 190 Å². The lowest BCUT2D eigenvalue weighted by Crippen LogP contribution is -2.35. The van der Waals surface area contributed by atoms with E-state index in [1.165, 1.54) is 12.1 Å². The van der Waals surface area contributed by atoms with E-state index in [9.17, 15) is 13.2 Å². The Hall–Kier alpha value is -2.27. The van der Waals surface area contributed by atoms with Crippen LogP contribution >= 0.6 is 22.7 Å². The van der Waals surface area contributed by atoms with Gasteiger partial charge in [0, 0.05) is 54.7 Å². The number of amides is 1. The number of sulfonamides is 1. The van der Waals surface area contributed by atoms with E-state index in [2.05, 4.69) is 14.6 Å². The lowest BCUT2D eigenvalue weighted by molar-refractivity contribution is 0.0767. The summed E-state index contributed by atoms with van der Waals surface area (Å²) in [5.74, 6) is -0.0735. The molecule has 0 atom stereocenters. The van der Waals surface area contributed by atoms with Gasteiger partial charge in [-0.3, -0.25) is 4.79 Å². The van der Waals surface area contributed by atoms with Crippen molar-refractivity contribution in [3.63, 3.8) is 0 Å². The van der Waals surface area contributed by atoms with Crippen molar-refractivity contribution < 1.29 is 13.2 Å². The zero-order valence-electron chi connectivity index (χ0n) is 16.9. The molecule has 2 aromatic heterocycles. The predicted molar refractivity (Wildman–Crippen MR) is 125 cm³/mol. The topological polar surface area (TPSA) is 82.6 Å². The van der Waals surface area contributed by atoms with Crippen LogP contribution in [0.15, 0.2) is 58.3 Å². The fourth-order valence-corrected chi connectivity index (χ4v) is 5.93. The van der Waals surface area contributed by atoms with Crippen molar-refractivity contribution in [3.05, 3.63) is 63.8 Å². The van der Waals surface area contributed by atoms with Gasteiger partial charge in [-0.05, 0) is 48.6 Å². The second-order valence-corrected chi connectivity index (χ2v) is 10.9. The molecule has 1 aliphatic heterocycles. The Morgan fingerprint density at radius 1 is 1.03 bits per heavy atom. The predicted octanol–water partition coefficient (Wildman–Crippen LogP) is 3.08. The molecule has 1 N–H and O–H groups in total. The number of benzene rings is 1. The van der Waals surface area contributed by atoms with Crippen molar-refractivity contribution in [2.45, 2.75) is 17.7 Å². The van der Waals surface area contributed by atoms with Crippen molar-refractivity contribution in [1.82, 2.24) is 14.6 Å². The summed E-state index contributed by atoms with van der Waals surface area (Å²) in [7, 11) is -3.60. The molecule has 1 aliphatic rings. The Kier molecular flexibility index (Phi) is 7.01. The Bertz CT molecular complexity index is 1080. The lowest BCUT2D eigenvalue weighted by atomic mass is 10.2. The molecule has 3 aromatic rings. The molecule has 1 fully saturated rings. The average molecular weight is 477 g/mol. The number of rotatable bonds is 7. The highest BCUT2D eigenvalue weighted by Gasteiger charge is 2.22. The van der Waals surface area contributed by atoms with Gasteiger partial charge in [-0.1, -0.05) is 6.07 Å². The molecular weight excluding hydrogens is 452 g/mol. The van der Waals surface area contributed by atoms with Gasteiger partial charge >= 0.3 is 0 Å². The zero-order valence-corrected chi connectivity index (χ0v) is 19.4. The maximum absolute atomic E-state index is 12.9. The first-order chi connectivity index (χ1) is 15.0. The summed E-state index contributed by atoms with van der Waals surface area (Å²) >= 11 is 3.21. The van der Waals surface area contributed by atoms with Gasteiger partial charge in [0.15, 0.2) is 5.13 Å². The molecule has 3 heterocycles. The second kappa shape index (κ2) is 9.90. The molecule has 0 radical (unpaired) electrons. The molecule has 0 unspecified atom stereocenters. The lowest BCUT2D eigenvalue weighted by Gasteiger charge is -2.22. The molecule has 7 nitrogen and oxygen atoms in total. The van der Waals surface area contributed by atoms with Crippen molar-refractivity contribution >= 4 is 43.7 Å². The van der Waals surface area contributed by atoms with E-state index in [-0.39, 0.29) is 10.8 Å². The van der Waals surface area contributed by atoms with Crippen LogP contribution in [0.25, 0.3) is 0 Å². The van der Waals surface area contributed by atoms with Crippen LogP contribution in [0.5, 0.6) is 0 Å². The van der Waals surface area contributed by atoms with Crippen molar-refractivity contribution in [2.24, 2.45) is 0 Å². The van der Waals surface area contributed by atoms with Gasteiger partial charge < -0.3 is 9.80 Å². The summed E-state index contributed by atoms with van der Waals surface area (Å²) in [6.07, 6.45) is 3.31. The van der Waals surface area contributed by atoms with Crippen LogP contribution in [0.2, 0.25) is 0 Å². The number of anilines is 1. The molecule has 0 bridgehead atoms. The molecule has 0 spiro atoms. The normalized spacial score (nSPS) is 15.1. The van der Waals surface area contributed by atoms with Crippen LogP contribution < -0.4 is 9.62 Å². The molecule has 1 aromatic carbocycles. The van der Waals surface area contributed by atoms with Gasteiger partial charge in [-0.15, -0.1) is 22.7 Å². The minimum atomic E-state index is -3.60. The Morgan fingerprint density at radius 2 is 1.87 bits per heavy atom. The van der Waals surface area contributed by atoms with E-state index in [0.717, 1.165) is 29.5 Å². The van der Waals surface area contributed by atoms with E-state index in [0.29, 0.717) is 31.6 Å². The SMILES string of the molecule is O=C(c1ccc(S(=O)(=O)NCCc2cccs2)cc1)N1CCCN(c2nccs2)CC1. The molecule has 164 valence electrons. The molecule has 10 heteroatoms. The van der Waals surface area contributed by atoms with Gasteiger partial charge in [-0.25, -0.2) is 18.1 Å². The van der Waals surface area contributed by atoms with Crippen molar-refractivity contribution in [1.29, 1.82) is 0 Å². The van der Waals surface area contributed by atoms with Gasteiger partial charge in [0.25, 0.3) is 5.91 Å². The van der Waals surface area contributed by atoms with E-state index < -0.39 is 10.0 Å². The molecular formula is C21H24N4O3S3. The first-order valence-electron chi connectivity index (χ1n) is 10.1. The van der Waals surface area contributed by atoms with E-state index >= 15 is 0 Å². The molecule has 4 rings (SSSR count). The Balaban J connectivity index is 1.35. The van der Waals surface area contributed by atoms with Crippen LogP contribution in [0, 0.1) is 0 Å². The highest BCUT2D eigenvalue weighted by atomic mass is 32.2. The number of nitrogens with one attached hydrogen (secondary N) is 1. The fraction of sp³-hybridized carbons (Fsp3) is 0.333. The fourth-order valence-electron chi connectivity index (χ4n) is 3.49. The van der Waals surface area contributed by atoms with E-state index in [1.807, 2.05) is 27.8 Å². The standard InChI is InChI=1S/C21H24N4O3S3/c26-20(24-11-2-12-25(14-13-24)21-22-10-16-30-21)17-4-6-19(7-5-17)31(27,28)23-9-8-18-3-1-15-29-18/h1,3-7,10,15-16,23H,2,8-9,11-14H2. The van der Waals surface area contributed by atoms with Crippen LogP contribution in [0.1, 0.15) is 21.7 Å². The maximum atomic E-state index is 12.9. The van der Waals surface area contributed by atoms with Crippen LogP contribution in [0.3, 0.4) is 0 Å². The minimum Gasteiger partial charge on any atom is -0.346 e. The smallest absolute Gasteiger partial charge is 0.253 e. The number of hydrogen-bond donors (Lipinski definition) is 1. The number of thiazole rings is 1. The number of carbonyl (C=O) groups is 1. The van der Waals surface area contributed by atoms with Gasteiger partial charge in [-0.2, -0.15) is 0 Å². The molecule has 1 amide bonds. The van der Waals surface area contributed by atoms with Crippen molar-refractivity contribution in [3.8, 4) is 0 Å².